The largest absolute Gasteiger partial charge is 0.469 e. The Morgan fingerprint density at radius 2 is 2.14 bits per heavy atom. The summed E-state index contributed by atoms with van der Waals surface area (Å²) in [6.07, 6.45) is 5.98. The minimum atomic E-state index is -0.299. The van der Waals surface area contributed by atoms with Gasteiger partial charge in [0.15, 0.2) is 0 Å². The maximum atomic E-state index is 12.2. The smallest absolute Gasteiger partial charge is 0.310 e. The standard InChI is InChI=1S/C15H19N3O3/c1-21-15(20)11-5-3-2-4-6-12(11)18-14(19)13-7-10(8-16)9-17-13/h7,9,11-12,17H,2-6H2,1H3,(H,18,19)/t11-,12-/m1/s1. The van der Waals surface area contributed by atoms with E-state index < -0.39 is 0 Å². The number of H-pyrrole nitrogens is 1. The first-order valence-electron chi connectivity index (χ1n) is 7.13. The molecule has 1 heterocycles. The predicted molar refractivity (Wildman–Crippen MR) is 75.4 cm³/mol. The van der Waals surface area contributed by atoms with Gasteiger partial charge >= 0.3 is 5.97 Å². The maximum absolute atomic E-state index is 12.2. The lowest BCUT2D eigenvalue weighted by molar-refractivity contribution is -0.146. The highest BCUT2D eigenvalue weighted by atomic mass is 16.5. The fourth-order valence-corrected chi connectivity index (χ4v) is 2.75. The van der Waals surface area contributed by atoms with Crippen molar-refractivity contribution in [2.45, 2.75) is 38.1 Å². The molecule has 1 saturated carbocycles. The number of carbonyl (C=O) groups excluding carboxylic acids is 2. The molecule has 6 nitrogen and oxygen atoms in total. The molecule has 1 aliphatic carbocycles. The summed E-state index contributed by atoms with van der Waals surface area (Å²) in [6.45, 7) is 0. The van der Waals surface area contributed by atoms with Crippen molar-refractivity contribution >= 4 is 11.9 Å². The Labute approximate surface area is 123 Å². The number of hydrogen-bond acceptors (Lipinski definition) is 4. The maximum Gasteiger partial charge on any atom is 0.310 e. The Morgan fingerprint density at radius 3 is 2.81 bits per heavy atom. The molecule has 112 valence electrons. The third-order valence-electron chi connectivity index (χ3n) is 3.89. The number of nitrogens with one attached hydrogen (secondary N) is 2. The number of amides is 1. The first-order valence-corrected chi connectivity index (χ1v) is 7.13. The zero-order valence-electron chi connectivity index (χ0n) is 12.0. The van der Waals surface area contributed by atoms with Crippen LogP contribution in [-0.2, 0) is 9.53 Å². The van der Waals surface area contributed by atoms with E-state index in [4.69, 9.17) is 10.00 Å². The number of hydrogen-bond donors (Lipinski definition) is 2. The molecule has 21 heavy (non-hydrogen) atoms. The molecule has 1 fully saturated rings. The van der Waals surface area contributed by atoms with Crippen LogP contribution in [0.3, 0.4) is 0 Å². The molecule has 0 unspecified atom stereocenters. The van der Waals surface area contributed by atoms with Gasteiger partial charge in [-0.2, -0.15) is 5.26 Å². The molecule has 0 radical (unpaired) electrons. The van der Waals surface area contributed by atoms with Gasteiger partial charge < -0.3 is 15.0 Å². The normalized spacial score (nSPS) is 21.9. The van der Waals surface area contributed by atoms with Crippen LogP contribution in [0.5, 0.6) is 0 Å². The number of rotatable bonds is 3. The van der Waals surface area contributed by atoms with Crippen LogP contribution in [0.2, 0.25) is 0 Å². The van der Waals surface area contributed by atoms with E-state index in [1.54, 1.807) is 0 Å². The van der Waals surface area contributed by atoms with E-state index in [2.05, 4.69) is 10.3 Å². The Hall–Kier alpha value is -2.29. The van der Waals surface area contributed by atoms with E-state index in [1.165, 1.54) is 19.4 Å². The van der Waals surface area contributed by atoms with Gasteiger partial charge in [0.05, 0.1) is 18.6 Å². The molecule has 1 aliphatic rings. The van der Waals surface area contributed by atoms with Gasteiger partial charge in [-0.05, 0) is 18.9 Å². The number of methoxy groups -OCH3 is 1. The monoisotopic (exact) mass is 289 g/mol. The SMILES string of the molecule is COC(=O)[C@@H]1CCCCC[C@H]1NC(=O)c1cc(C#N)c[nH]1. The quantitative estimate of drug-likeness (QED) is 0.654. The lowest BCUT2D eigenvalue weighted by Gasteiger charge is -2.23. The van der Waals surface area contributed by atoms with E-state index in [0.29, 0.717) is 11.3 Å². The average molecular weight is 289 g/mol. The number of ether oxygens (including phenoxy) is 1. The molecule has 0 spiro atoms. The molecule has 2 atom stereocenters. The van der Waals surface area contributed by atoms with Crippen molar-refractivity contribution in [3.8, 4) is 6.07 Å². The van der Waals surface area contributed by atoms with E-state index >= 15 is 0 Å². The van der Waals surface area contributed by atoms with E-state index in [-0.39, 0.29) is 23.8 Å². The Bertz CT molecular complexity index is 559. The number of esters is 1. The summed E-state index contributed by atoms with van der Waals surface area (Å²) in [5.74, 6) is -0.865. The zero-order chi connectivity index (χ0) is 15.2. The summed E-state index contributed by atoms with van der Waals surface area (Å²) in [4.78, 5) is 26.9. The predicted octanol–water partition coefficient (Wildman–Crippen LogP) is 1.74. The van der Waals surface area contributed by atoms with Crippen LogP contribution >= 0.6 is 0 Å². The summed E-state index contributed by atoms with van der Waals surface area (Å²) in [7, 11) is 1.37. The summed E-state index contributed by atoms with van der Waals surface area (Å²) >= 11 is 0. The van der Waals surface area contributed by atoms with Crippen LogP contribution in [0.4, 0.5) is 0 Å². The van der Waals surface area contributed by atoms with Crippen LogP contribution in [0.1, 0.15) is 48.2 Å². The number of nitrogens with zero attached hydrogens (tertiary/aromatic N) is 1. The van der Waals surface area contributed by atoms with Gasteiger partial charge in [-0.1, -0.05) is 19.3 Å². The van der Waals surface area contributed by atoms with Crippen LogP contribution in [0, 0.1) is 17.2 Å². The molecular formula is C15H19N3O3. The molecule has 0 bridgehead atoms. The second-order valence-corrected chi connectivity index (χ2v) is 5.26. The number of nitriles is 1. The van der Waals surface area contributed by atoms with Crippen LogP contribution in [0.25, 0.3) is 0 Å². The van der Waals surface area contributed by atoms with Crippen LogP contribution < -0.4 is 5.32 Å². The second-order valence-electron chi connectivity index (χ2n) is 5.26. The van der Waals surface area contributed by atoms with Crippen molar-refractivity contribution in [2.24, 2.45) is 5.92 Å². The van der Waals surface area contributed by atoms with Gasteiger partial charge in [0.1, 0.15) is 11.8 Å². The van der Waals surface area contributed by atoms with Gasteiger partial charge in [-0.15, -0.1) is 0 Å². The fourth-order valence-electron chi connectivity index (χ4n) is 2.75. The third-order valence-corrected chi connectivity index (χ3v) is 3.89. The zero-order valence-corrected chi connectivity index (χ0v) is 12.0. The van der Waals surface area contributed by atoms with Crippen molar-refractivity contribution in [3.63, 3.8) is 0 Å². The molecule has 1 aromatic rings. The van der Waals surface area contributed by atoms with E-state index in [0.717, 1.165) is 32.1 Å². The molecule has 1 aromatic heterocycles. The van der Waals surface area contributed by atoms with Crippen molar-refractivity contribution in [1.82, 2.24) is 10.3 Å². The minimum Gasteiger partial charge on any atom is -0.469 e. The summed E-state index contributed by atoms with van der Waals surface area (Å²) in [5, 5.41) is 11.7. The summed E-state index contributed by atoms with van der Waals surface area (Å²) in [5.41, 5.74) is 0.741. The molecular weight excluding hydrogens is 270 g/mol. The van der Waals surface area contributed by atoms with Gasteiger partial charge in [-0.3, -0.25) is 9.59 Å². The van der Waals surface area contributed by atoms with E-state index in [1.807, 2.05) is 6.07 Å². The Kier molecular flexibility index (Phi) is 4.99. The van der Waals surface area contributed by atoms with Gasteiger partial charge in [-0.25, -0.2) is 0 Å². The van der Waals surface area contributed by atoms with Gasteiger partial charge in [0.2, 0.25) is 0 Å². The molecule has 2 N–H and O–H groups in total. The molecule has 6 heteroatoms. The van der Waals surface area contributed by atoms with Crippen molar-refractivity contribution < 1.29 is 14.3 Å². The third kappa shape index (κ3) is 3.63. The number of carbonyl (C=O) groups is 2. The van der Waals surface area contributed by atoms with Crippen LogP contribution in [0.15, 0.2) is 12.3 Å². The molecule has 0 saturated heterocycles. The molecule has 2 rings (SSSR count). The van der Waals surface area contributed by atoms with Crippen molar-refractivity contribution in [2.75, 3.05) is 7.11 Å². The van der Waals surface area contributed by atoms with E-state index in [9.17, 15) is 9.59 Å². The Morgan fingerprint density at radius 1 is 1.38 bits per heavy atom. The molecule has 0 aliphatic heterocycles. The topological polar surface area (TPSA) is 95.0 Å². The second kappa shape index (κ2) is 6.93. The summed E-state index contributed by atoms with van der Waals surface area (Å²) < 4.78 is 4.84. The van der Waals surface area contributed by atoms with Crippen LogP contribution in [-0.4, -0.2) is 30.0 Å². The Balaban J connectivity index is 2.08. The highest BCUT2D eigenvalue weighted by Gasteiger charge is 2.31. The highest BCUT2D eigenvalue weighted by Crippen LogP contribution is 2.25. The van der Waals surface area contributed by atoms with Crippen molar-refractivity contribution in [1.29, 1.82) is 5.26 Å². The number of aromatic nitrogens is 1. The summed E-state index contributed by atoms with van der Waals surface area (Å²) in [6, 6.07) is 3.24. The minimum absolute atomic E-state index is 0.221. The molecule has 0 aromatic carbocycles. The van der Waals surface area contributed by atoms with Crippen molar-refractivity contribution in [3.05, 3.63) is 23.5 Å². The fraction of sp³-hybridized carbons (Fsp3) is 0.533. The first-order chi connectivity index (χ1) is 10.2. The highest BCUT2D eigenvalue weighted by molar-refractivity contribution is 5.93. The van der Waals surface area contributed by atoms with Gasteiger partial charge in [0.25, 0.3) is 5.91 Å². The molecule has 1 amide bonds. The first kappa shape index (κ1) is 15.1. The number of aromatic amines is 1. The lowest BCUT2D eigenvalue weighted by atomic mass is 9.94. The lowest BCUT2D eigenvalue weighted by Crippen LogP contribution is -2.43. The van der Waals surface area contributed by atoms with Gasteiger partial charge in [0, 0.05) is 12.2 Å². The average Bonchev–Trinajstić information content (AvgIpc) is 2.87.